The van der Waals surface area contributed by atoms with Crippen LogP contribution >= 0.6 is 23.2 Å². The van der Waals surface area contributed by atoms with Gasteiger partial charge in [0.15, 0.2) is 0 Å². The predicted molar refractivity (Wildman–Crippen MR) is 88.8 cm³/mol. The molecule has 0 aliphatic heterocycles. The van der Waals surface area contributed by atoms with Crippen molar-refractivity contribution in [3.8, 4) is 5.75 Å². The van der Waals surface area contributed by atoms with Crippen LogP contribution in [0.3, 0.4) is 0 Å². The van der Waals surface area contributed by atoms with Crippen LogP contribution in [0.4, 0.5) is 0 Å². The highest BCUT2D eigenvalue weighted by Crippen LogP contribution is 2.41. The van der Waals surface area contributed by atoms with Gasteiger partial charge in [0.2, 0.25) is 0 Å². The molecular weight excluding hydrogens is 303 g/mol. The first-order valence-electron chi connectivity index (χ1n) is 7.20. The smallest absolute Gasteiger partial charge is 0.119 e. The maximum atomic E-state index is 6.19. The predicted octanol–water partition coefficient (Wildman–Crippen LogP) is 5.72. The van der Waals surface area contributed by atoms with E-state index >= 15 is 0 Å². The van der Waals surface area contributed by atoms with Crippen molar-refractivity contribution in [3.05, 3.63) is 63.1 Å². The van der Waals surface area contributed by atoms with Crippen molar-refractivity contribution in [3.63, 3.8) is 0 Å². The van der Waals surface area contributed by atoms with E-state index < -0.39 is 0 Å². The molecule has 1 nitrogen and oxygen atoms in total. The average molecular weight is 321 g/mol. The highest BCUT2D eigenvalue weighted by atomic mass is 35.5. The summed E-state index contributed by atoms with van der Waals surface area (Å²) in [6, 6.07) is 12.4. The van der Waals surface area contributed by atoms with Crippen LogP contribution in [-0.4, -0.2) is 7.11 Å². The summed E-state index contributed by atoms with van der Waals surface area (Å²) in [6.07, 6.45) is 2.24. The molecule has 110 valence electrons. The van der Waals surface area contributed by atoms with E-state index in [1.54, 1.807) is 7.11 Å². The fraction of sp³-hybridized carbons (Fsp3) is 0.333. The maximum absolute atomic E-state index is 6.19. The van der Waals surface area contributed by atoms with E-state index in [0.29, 0.717) is 21.9 Å². The van der Waals surface area contributed by atoms with Gasteiger partial charge in [-0.3, -0.25) is 0 Å². The molecule has 2 aromatic rings. The van der Waals surface area contributed by atoms with Gasteiger partial charge in [-0.2, -0.15) is 0 Å². The molecule has 3 rings (SSSR count). The quantitative estimate of drug-likeness (QED) is 0.688. The molecule has 0 amide bonds. The molecule has 0 spiro atoms. The molecule has 0 fully saturated rings. The summed E-state index contributed by atoms with van der Waals surface area (Å²) in [5.74, 6) is 1.95. The standard InChI is InChI=1S/C18H18Cl2O/c1-11-7-13-9-14(21-2)4-5-15(13)16(8-11)12-3-6-17(19)18(20)10-12/h3-6,9-11,16H,7-8H2,1-2H3. The van der Waals surface area contributed by atoms with Crippen molar-refractivity contribution in [1.29, 1.82) is 0 Å². The second-order valence-corrected chi connectivity index (χ2v) is 6.65. The maximum Gasteiger partial charge on any atom is 0.119 e. The Labute approximate surface area is 135 Å². The van der Waals surface area contributed by atoms with Crippen molar-refractivity contribution >= 4 is 23.2 Å². The summed E-state index contributed by atoms with van der Waals surface area (Å²) in [7, 11) is 1.71. The van der Waals surface area contributed by atoms with E-state index in [4.69, 9.17) is 27.9 Å². The SMILES string of the molecule is COc1ccc2c(c1)CC(C)CC2c1ccc(Cl)c(Cl)c1. The molecule has 3 heteroatoms. The van der Waals surface area contributed by atoms with Crippen molar-refractivity contribution in [2.24, 2.45) is 5.92 Å². The van der Waals surface area contributed by atoms with Crippen LogP contribution in [0.1, 0.15) is 36.0 Å². The van der Waals surface area contributed by atoms with Gasteiger partial charge in [0, 0.05) is 5.92 Å². The second-order valence-electron chi connectivity index (χ2n) is 5.84. The number of hydrogen-bond donors (Lipinski definition) is 0. The Kier molecular flexibility index (Phi) is 4.14. The van der Waals surface area contributed by atoms with E-state index in [9.17, 15) is 0 Å². The number of rotatable bonds is 2. The van der Waals surface area contributed by atoms with Crippen LogP contribution in [-0.2, 0) is 6.42 Å². The minimum Gasteiger partial charge on any atom is -0.497 e. The third-order valence-corrected chi connectivity index (χ3v) is 5.02. The van der Waals surface area contributed by atoms with Crippen LogP contribution in [0, 0.1) is 5.92 Å². The molecule has 0 radical (unpaired) electrons. The number of ether oxygens (including phenoxy) is 1. The largest absolute Gasteiger partial charge is 0.497 e. The topological polar surface area (TPSA) is 9.23 Å². The van der Waals surface area contributed by atoms with Crippen molar-refractivity contribution in [2.45, 2.75) is 25.7 Å². The summed E-state index contributed by atoms with van der Waals surface area (Å²) in [5.41, 5.74) is 4.00. The molecule has 0 bridgehead atoms. The Morgan fingerprint density at radius 1 is 1.05 bits per heavy atom. The fourth-order valence-electron chi connectivity index (χ4n) is 3.26. The first kappa shape index (κ1) is 14.7. The molecule has 0 heterocycles. The Hall–Kier alpha value is -1.18. The van der Waals surface area contributed by atoms with Gasteiger partial charge >= 0.3 is 0 Å². The molecule has 2 aromatic carbocycles. The first-order chi connectivity index (χ1) is 10.1. The Morgan fingerprint density at radius 2 is 1.86 bits per heavy atom. The van der Waals surface area contributed by atoms with Crippen LogP contribution in [0.5, 0.6) is 5.75 Å². The van der Waals surface area contributed by atoms with Crippen LogP contribution in [0.15, 0.2) is 36.4 Å². The normalized spacial score (nSPS) is 21.0. The zero-order chi connectivity index (χ0) is 15.0. The molecule has 0 saturated heterocycles. The molecule has 21 heavy (non-hydrogen) atoms. The van der Waals surface area contributed by atoms with Gasteiger partial charge < -0.3 is 4.74 Å². The summed E-state index contributed by atoms with van der Waals surface area (Å²) in [5, 5.41) is 1.24. The van der Waals surface area contributed by atoms with E-state index in [1.807, 2.05) is 18.2 Å². The molecule has 0 saturated carbocycles. The van der Waals surface area contributed by atoms with Gasteiger partial charge in [0.25, 0.3) is 0 Å². The van der Waals surface area contributed by atoms with Gasteiger partial charge in [-0.25, -0.2) is 0 Å². The molecular formula is C18H18Cl2O. The lowest BCUT2D eigenvalue weighted by Gasteiger charge is -2.30. The van der Waals surface area contributed by atoms with E-state index in [1.165, 1.54) is 16.7 Å². The fourth-order valence-corrected chi connectivity index (χ4v) is 3.57. The molecule has 2 unspecified atom stereocenters. The van der Waals surface area contributed by atoms with Crippen molar-refractivity contribution in [1.82, 2.24) is 0 Å². The summed E-state index contributed by atoms with van der Waals surface area (Å²) >= 11 is 12.2. The second kappa shape index (κ2) is 5.90. The number of halogens is 2. The van der Waals surface area contributed by atoms with Gasteiger partial charge in [-0.15, -0.1) is 0 Å². The number of methoxy groups -OCH3 is 1. The first-order valence-corrected chi connectivity index (χ1v) is 7.96. The lowest BCUT2D eigenvalue weighted by Crippen LogP contribution is -2.17. The van der Waals surface area contributed by atoms with Crippen LogP contribution < -0.4 is 4.74 Å². The van der Waals surface area contributed by atoms with Gasteiger partial charge in [-0.1, -0.05) is 42.3 Å². The molecule has 2 atom stereocenters. The number of fused-ring (bicyclic) bond motifs is 1. The van der Waals surface area contributed by atoms with Crippen molar-refractivity contribution in [2.75, 3.05) is 7.11 Å². The van der Waals surface area contributed by atoms with Gasteiger partial charge in [0.1, 0.15) is 5.75 Å². The third-order valence-electron chi connectivity index (χ3n) is 4.28. The molecule has 0 N–H and O–H groups in total. The average Bonchev–Trinajstić information content (AvgIpc) is 2.48. The zero-order valence-corrected chi connectivity index (χ0v) is 13.7. The third kappa shape index (κ3) is 2.90. The zero-order valence-electron chi connectivity index (χ0n) is 12.2. The highest BCUT2D eigenvalue weighted by Gasteiger charge is 2.26. The Bertz CT molecular complexity index is 666. The Morgan fingerprint density at radius 3 is 2.57 bits per heavy atom. The van der Waals surface area contributed by atoms with E-state index in [2.05, 4.69) is 25.1 Å². The Balaban J connectivity index is 2.06. The monoisotopic (exact) mass is 320 g/mol. The minimum atomic E-state index is 0.379. The van der Waals surface area contributed by atoms with Crippen LogP contribution in [0.2, 0.25) is 10.0 Å². The minimum absolute atomic E-state index is 0.379. The summed E-state index contributed by atoms with van der Waals surface area (Å²) in [4.78, 5) is 0. The molecule has 1 aliphatic rings. The molecule has 0 aromatic heterocycles. The van der Waals surface area contributed by atoms with Gasteiger partial charge in [0.05, 0.1) is 17.2 Å². The number of hydrogen-bond acceptors (Lipinski definition) is 1. The van der Waals surface area contributed by atoms with E-state index in [-0.39, 0.29) is 0 Å². The van der Waals surface area contributed by atoms with Gasteiger partial charge in [-0.05, 0) is 59.7 Å². The lowest BCUT2D eigenvalue weighted by atomic mass is 9.74. The van der Waals surface area contributed by atoms with Crippen molar-refractivity contribution < 1.29 is 4.74 Å². The van der Waals surface area contributed by atoms with Crippen LogP contribution in [0.25, 0.3) is 0 Å². The highest BCUT2D eigenvalue weighted by molar-refractivity contribution is 6.42. The lowest BCUT2D eigenvalue weighted by molar-refractivity contribution is 0.410. The summed E-state index contributed by atoms with van der Waals surface area (Å²) in [6.45, 7) is 2.30. The van der Waals surface area contributed by atoms with E-state index in [0.717, 1.165) is 18.6 Å². The number of benzene rings is 2. The summed E-state index contributed by atoms with van der Waals surface area (Å²) < 4.78 is 5.35. The molecule has 1 aliphatic carbocycles.